The third kappa shape index (κ3) is 6.32. The number of hydrogen-bond acceptors (Lipinski definition) is 5. The molecular formula is C27H27N5O3. The summed E-state index contributed by atoms with van der Waals surface area (Å²) in [5.74, 6) is -1.64. The number of carboxylic acid groups (broad SMARTS) is 1. The molecule has 8 heteroatoms. The second-order valence-electron chi connectivity index (χ2n) is 8.34. The maximum absolute atomic E-state index is 12.7. The number of aromatic nitrogens is 3. The molecule has 2 aromatic heterocycles. The number of rotatable bonds is 10. The normalized spacial score (nSPS) is 11.8. The molecule has 0 bridgehead atoms. The lowest BCUT2D eigenvalue weighted by Crippen LogP contribution is -2.31. The van der Waals surface area contributed by atoms with Crippen LogP contribution in [0, 0.1) is 0 Å². The van der Waals surface area contributed by atoms with E-state index in [-0.39, 0.29) is 24.8 Å². The number of benzene rings is 2. The molecule has 0 aliphatic rings. The molecule has 1 unspecified atom stereocenters. The van der Waals surface area contributed by atoms with E-state index in [0.29, 0.717) is 18.1 Å². The van der Waals surface area contributed by atoms with E-state index in [4.69, 9.17) is 5.73 Å². The molecule has 1 amide bonds. The number of carboxylic acids is 1. The minimum atomic E-state index is -0.995. The number of imidazole rings is 1. The van der Waals surface area contributed by atoms with Crippen molar-refractivity contribution < 1.29 is 14.7 Å². The lowest BCUT2D eigenvalue weighted by Gasteiger charge is -2.19. The van der Waals surface area contributed by atoms with Crippen LogP contribution in [0.2, 0.25) is 0 Å². The van der Waals surface area contributed by atoms with Crippen molar-refractivity contribution in [1.82, 2.24) is 19.9 Å². The van der Waals surface area contributed by atoms with Crippen LogP contribution in [0.25, 0.3) is 0 Å². The van der Waals surface area contributed by atoms with Gasteiger partial charge in [-0.25, -0.2) is 9.97 Å². The number of carbonyl (C=O) groups is 2. The molecule has 0 fully saturated rings. The predicted molar refractivity (Wildman–Crippen MR) is 133 cm³/mol. The first-order chi connectivity index (χ1) is 17.0. The number of nitrogens with two attached hydrogens (primary N) is 1. The van der Waals surface area contributed by atoms with Gasteiger partial charge in [-0.05, 0) is 29.2 Å². The predicted octanol–water partition coefficient (Wildman–Crippen LogP) is 3.22. The Labute approximate surface area is 203 Å². The maximum Gasteiger partial charge on any atom is 0.312 e. The van der Waals surface area contributed by atoms with Gasteiger partial charge in [0.05, 0.1) is 12.0 Å². The summed E-state index contributed by atoms with van der Waals surface area (Å²) in [5.41, 5.74) is 8.96. The average Bonchev–Trinajstić information content (AvgIpc) is 3.32. The molecule has 35 heavy (non-hydrogen) atoms. The van der Waals surface area contributed by atoms with Crippen LogP contribution in [-0.4, -0.2) is 38.1 Å². The molecule has 0 saturated heterocycles. The highest BCUT2D eigenvalue weighted by Gasteiger charge is 2.23. The average molecular weight is 470 g/mol. The molecule has 8 nitrogen and oxygen atoms in total. The van der Waals surface area contributed by atoms with Gasteiger partial charge in [0.25, 0.3) is 0 Å². The molecule has 4 rings (SSSR count). The van der Waals surface area contributed by atoms with Crippen LogP contribution in [0.3, 0.4) is 0 Å². The number of nitrogens with one attached hydrogen (secondary N) is 1. The third-order valence-corrected chi connectivity index (χ3v) is 5.83. The highest BCUT2D eigenvalue weighted by Crippen LogP contribution is 2.24. The first-order valence-electron chi connectivity index (χ1n) is 11.3. The Morgan fingerprint density at radius 1 is 0.943 bits per heavy atom. The fourth-order valence-corrected chi connectivity index (χ4v) is 3.99. The molecule has 0 spiro atoms. The van der Waals surface area contributed by atoms with Crippen LogP contribution in [-0.2, 0) is 22.6 Å². The van der Waals surface area contributed by atoms with Crippen LogP contribution in [0.5, 0.6) is 0 Å². The van der Waals surface area contributed by atoms with E-state index in [1.165, 1.54) is 6.33 Å². The SMILES string of the molecule is Nc1ccc(CC(C(=O)O)c2cn(CC(=O)NCC(c3ccccc3)c3ccccc3)cn2)cn1. The highest BCUT2D eigenvalue weighted by atomic mass is 16.4. The number of nitrogen functional groups attached to an aromatic ring is 1. The van der Waals surface area contributed by atoms with E-state index >= 15 is 0 Å². The van der Waals surface area contributed by atoms with Crippen molar-refractivity contribution in [1.29, 1.82) is 0 Å². The molecule has 0 saturated carbocycles. The van der Waals surface area contributed by atoms with Crippen LogP contribution in [0.15, 0.2) is 91.5 Å². The molecule has 2 heterocycles. The fourth-order valence-electron chi connectivity index (χ4n) is 3.99. The van der Waals surface area contributed by atoms with E-state index in [0.717, 1.165) is 16.7 Å². The molecule has 1 atom stereocenters. The second-order valence-corrected chi connectivity index (χ2v) is 8.34. The minimum absolute atomic E-state index is 0.0182. The van der Waals surface area contributed by atoms with Crippen molar-refractivity contribution in [2.45, 2.75) is 24.8 Å². The Kier molecular flexibility index (Phi) is 7.52. The summed E-state index contributed by atoms with van der Waals surface area (Å²) >= 11 is 0. The maximum atomic E-state index is 12.7. The smallest absolute Gasteiger partial charge is 0.312 e. The van der Waals surface area contributed by atoms with Gasteiger partial charge < -0.3 is 20.7 Å². The van der Waals surface area contributed by atoms with Crippen LogP contribution < -0.4 is 11.1 Å². The molecule has 2 aromatic carbocycles. The van der Waals surface area contributed by atoms with Gasteiger partial charge in [0.2, 0.25) is 5.91 Å². The highest BCUT2D eigenvalue weighted by molar-refractivity contribution is 5.77. The number of pyridine rings is 1. The van der Waals surface area contributed by atoms with Gasteiger partial charge in [-0.1, -0.05) is 66.7 Å². The summed E-state index contributed by atoms with van der Waals surface area (Å²) in [5, 5.41) is 12.7. The van der Waals surface area contributed by atoms with E-state index in [1.54, 1.807) is 29.1 Å². The second kappa shape index (κ2) is 11.1. The van der Waals surface area contributed by atoms with E-state index in [2.05, 4.69) is 39.6 Å². The molecule has 178 valence electrons. The number of carbonyl (C=O) groups excluding carboxylic acids is 1. The summed E-state index contributed by atoms with van der Waals surface area (Å²) in [4.78, 5) is 32.9. The van der Waals surface area contributed by atoms with E-state index in [1.807, 2.05) is 36.4 Å². The molecule has 0 aliphatic heterocycles. The summed E-state index contributed by atoms with van der Waals surface area (Å²) in [6.07, 6.45) is 4.88. The molecule has 4 aromatic rings. The summed E-state index contributed by atoms with van der Waals surface area (Å²) < 4.78 is 1.60. The molecule has 0 aliphatic carbocycles. The summed E-state index contributed by atoms with van der Waals surface area (Å²) in [6, 6.07) is 23.5. The Balaban J connectivity index is 1.40. The molecule has 4 N–H and O–H groups in total. The zero-order valence-corrected chi connectivity index (χ0v) is 19.1. The number of amides is 1. The Morgan fingerprint density at radius 2 is 1.60 bits per heavy atom. The zero-order valence-electron chi connectivity index (χ0n) is 19.1. The van der Waals surface area contributed by atoms with Gasteiger partial charge >= 0.3 is 5.97 Å². The van der Waals surface area contributed by atoms with Crippen molar-refractivity contribution in [3.63, 3.8) is 0 Å². The standard InChI is InChI=1S/C27H27N5O3/c28-25-12-11-19(14-29-25)13-22(27(34)35)24-16-32(18-31-24)17-26(33)30-15-23(20-7-3-1-4-8-20)21-9-5-2-6-10-21/h1-12,14,16,18,22-23H,13,15,17H2,(H2,28,29)(H,30,33)(H,34,35). The quantitative estimate of drug-likeness (QED) is 0.328. The van der Waals surface area contributed by atoms with Crippen LogP contribution in [0.4, 0.5) is 5.82 Å². The number of nitrogens with zero attached hydrogens (tertiary/aromatic N) is 3. The van der Waals surface area contributed by atoms with Crippen molar-refractivity contribution in [3.8, 4) is 0 Å². The van der Waals surface area contributed by atoms with Gasteiger partial charge in [0.1, 0.15) is 18.3 Å². The molecular weight excluding hydrogens is 442 g/mol. The monoisotopic (exact) mass is 469 g/mol. The Hall–Kier alpha value is -4.46. The van der Waals surface area contributed by atoms with Gasteiger partial charge in [0.15, 0.2) is 0 Å². The van der Waals surface area contributed by atoms with Gasteiger partial charge in [-0.2, -0.15) is 0 Å². The minimum Gasteiger partial charge on any atom is -0.481 e. The van der Waals surface area contributed by atoms with Crippen molar-refractivity contribution in [3.05, 3.63) is 114 Å². The lowest BCUT2D eigenvalue weighted by molar-refractivity contribution is -0.138. The van der Waals surface area contributed by atoms with Crippen LogP contribution >= 0.6 is 0 Å². The van der Waals surface area contributed by atoms with Crippen LogP contribution in [0.1, 0.15) is 34.2 Å². The topological polar surface area (TPSA) is 123 Å². The van der Waals surface area contributed by atoms with Crippen molar-refractivity contribution in [2.75, 3.05) is 12.3 Å². The largest absolute Gasteiger partial charge is 0.481 e. The van der Waals surface area contributed by atoms with Crippen molar-refractivity contribution in [2.24, 2.45) is 0 Å². The van der Waals surface area contributed by atoms with E-state index in [9.17, 15) is 14.7 Å². The first-order valence-corrected chi connectivity index (χ1v) is 11.3. The Bertz CT molecular complexity index is 1220. The van der Waals surface area contributed by atoms with Gasteiger partial charge in [-0.3, -0.25) is 9.59 Å². The lowest BCUT2D eigenvalue weighted by atomic mass is 9.91. The number of hydrogen-bond donors (Lipinski definition) is 3. The summed E-state index contributed by atoms with van der Waals surface area (Å²) in [6.45, 7) is 0.482. The number of anilines is 1. The van der Waals surface area contributed by atoms with Gasteiger partial charge in [0, 0.05) is 24.9 Å². The fraction of sp³-hybridized carbons (Fsp3) is 0.185. The van der Waals surface area contributed by atoms with E-state index < -0.39 is 11.9 Å². The Morgan fingerprint density at radius 3 is 2.17 bits per heavy atom. The first kappa shape index (κ1) is 23.7. The summed E-state index contributed by atoms with van der Waals surface area (Å²) in [7, 11) is 0. The third-order valence-electron chi connectivity index (χ3n) is 5.83. The zero-order chi connectivity index (χ0) is 24.6. The number of aliphatic carboxylic acids is 1. The van der Waals surface area contributed by atoms with Gasteiger partial charge in [-0.15, -0.1) is 0 Å². The van der Waals surface area contributed by atoms with Crippen molar-refractivity contribution >= 4 is 17.7 Å². The molecule has 0 radical (unpaired) electrons.